The van der Waals surface area contributed by atoms with Gasteiger partial charge in [-0.3, -0.25) is 69.7 Å². The molecule has 0 amide bonds. The van der Waals surface area contributed by atoms with Crippen LogP contribution < -0.4 is 56.4 Å². The summed E-state index contributed by atoms with van der Waals surface area (Å²) in [6.45, 7) is -1.24. The van der Waals surface area contributed by atoms with E-state index in [2.05, 4.69) is 15.0 Å². The molecule has 3 aromatic heterocycles. The van der Waals surface area contributed by atoms with Gasteiger partial charge in [0.25, 0.3) is 0 Å². The van der Waals surface area contributed by atoms with E-state index in [0.29, 0.717) is 39.5 Å². The molecule has 3 aromatic rings. The van der Waals surface area contributed by atoms with Crippen LogP contribution >= 0.6 is 0 Å². The summed E-state index contributed by atoms with van der Waals surface area (Å²) in [6.07, 6.45) is -18.5. The minimum absolute atomic E-state index is 0.167. The summed E-state index contributed by atoms with van der Waals surface area (Å²) in [7, 11) is 0. The highest BCUT2D eigenvalue weighted by atomic mass is 16.6. The number of nitrogens with two attached hydrogens (primary N) is 4. The molecule has 0 bridgehead atoms. The third kappa shape index (κ3) is 17.9. The van der Waals surface area contributed by atoms with Gasteiger partial charge in [0, 0.05) is 25.0 Å². The molecule has 0 spiro atoms. The average molecular weight is 1150 g/mol. The van der Waals surface area contributed by atoms with Gasteiger partial charge in [-0.25, -0.2) is 14.4 Å². The Balaban J connectivity index is 0.000000267. The van der Waals surface area contributed by atoms with Crippen LogP contribution in [-0.4, -0.2) is 214 Å². The highest BCUT2D eigenvalue weighted by molar-refractivity contribution is 5.81. The Morgan fingerprint density at radius 2 is 0.875 bits per heavy atom. The lowest BCUT2D eigenvalue weighted by atomic mass is 10.1. The SMILES string of the molecule is [2H][C@@]1(n2ccc(NO)nc2=O)O[C@H](COC(=O)[C@H](N)CC(=O)O)[C@@H](O)[C@H]1O.[2H][C@@]1(n2ccc(NO)nc2=O)O[C@H](COC(=O)[C@H](N)CCC(=O)O)[C@@H](O)[C@H]1O.[2H][C@@]1(n2ccc(NO)nc2=O)O[C@H](COC(=O)[C@H](N)CCCCN)[C@@H](O)[C@H]1O. The molecule has 0 saturated carbocycles. The number of carbonyl (C=O) groups is 5. The number of nitrogens with one attached hydrogen (secondary N) is 3. The van der Waals surface area contributed by atoms with E-state index in [1.165, 1.54) is 0 Å². The number of carboxylic acid groups (broad SMARTS) is 2. The van der Waals surface area contributed by atoms with Crippen LogP contribution in [0.4, 0.5) is 17.5 Å². The van der Waals surface area contributed by atoms with Crippen LogP contribution in [0.5, 0.6) is 0 Å². The Bertz CT molecular complexity index is 2900. The van der Waals surface area contributed by atoms with Crippen molar-refractivity contribution in [2.24, 2.45) is 22.9 Å². The first-order valence-corrected chi connectivity index (χ1v) is 23.5. The van der Waals surface area contributed by atoms with E-state index in [1.807, 2.05) is 0 Å². The van der Waals surface area contributed by atoms with E-state index >= 15 is 0 Å². The van der Waals surface area contributed by atoms with Crippen molar-refractivity contribution < 1.29 is 113 Å². The Labute approximate surface area is 452 Å². The molecule has 3 saturated heterocycles. The van der Waals surface area contributed by atoms with Crippen molar-refractivity contribution in [3.05, 3.63) is 68.2 Å². The van der Waals surface area contributed by atoms with Crippen LogP contribution in [0.2, 0.25) is 0 Å². The fourth-order valence-corrected chi connectivity index (χ4v) is 6.94. The summed E-state index contributed by atoms with van der Waals surface area (Å²) in [6, 6.07) is -0.148. The van der Waals surface area contributed by atoms with E-state index in [4.69, 9.17) is 81.3 Å². The zero-order valence-electron chi connectivity index (χ0n) is 44.6. The van der Waals surface area contributed by atoms with Crippen molar-refractivity contribution in [3.8, 4) is 0 Å². The standard InChI is InChI=1S/C15H25N5O7.C14H20N4O9.C13H18N4O9/c16-5-2-1-3-8(17)14(23)26-7-9-11(21)12(22)13(27-9)20-6-4-10(19-25)18-15(20)24;15-6(1-2-9(19)20)13(23)26-5-7-10(21)11(22)12(27-7)18-4-3-8(17-25)16-14(18)24;14-5(3-8(18)19)12(22)25-4-6-9(20)10(21)11(26-6)17-2-1-7(16-24)15-13(17)23/h4,6,8-9,11-13,21-22,25H,1-3,5,7,16-17H2,(H,18,19,24);3-4,6-7,10-12,21-22,25H,1-2,5,15H2,(H,19,20)(H,16,17,24);1-2,5-6,9-11,20-21,24H,3-4,14H2,(H,18,19)(H,15,16,23)/t8-,9-,11-,12-,13-;6-,7-,10-,11-,12-;5-,6-,9-,10-,11-/m111/s1/i13D;12D;11D. The molecule has 38 heteroatoms. The molecule has 6 heterocycles. The van der Waals surface area contributed by atoms with Gasteiger partial charge < -0.3 is 92.2 Å². The molecule has 3 fully saturated rings. The maximum Gasteiger partial charge on any atom is 0.351 e. The predicted molar refractivity (Wildman–Crippen MR) is 258 cm³/mol. The van der Waals surface area contributed by atoms with Gasteiger partial charge in [0.15, 0.2) is 36.1 Å². The fourth-order valence-electron chi connectivity index (χ4n) is 6.94. The summed E-state index contributed by atoms with van der Waals surface area (Å²) >= 11 is 0. The number of nitrogens with zero attached hydrogens (tertiary/aromatic N) is 6. The van der Waals surface area contributed by atoms with Crippen LogP contribution in [0.15, 0.2) is 51.2 Å². The van der Waals surface area contributed by atoms with Gasteiger partial charge in [0.05, 0.1) is 10.5 Å². The Kier molecular flexibility index (Phi) is 23.4. The van der Waals surface area contributed by atoms with Crippen molar-refractivity contribution in [3.63, 3.8) is 0 Å². The summed E-state index contributed by atoms with van der Waals surface area (Å²) in [5.41, 5.74) is 23.7. The third-order valence-electron chi connectivity index (χ3n) is 11.3. The van der Waals surface area contributed by atoms with E-state index in [-0.39, 0.29) is 30.3 Å². The average Bonchev–Trinajstić information content (AvgIpc) is 2.70. The number of aliphatic hydroxyl groups is 6. The van der Waals surface area contributed by atoms with Crippen LogP contribution in [0, 0.1) is 0 Å². The minimum Gasteiger partial charge on any atom is -0.481 e. The van der Waals surface area contributed by atoms with Crippen molar-refractivity contribution in [1.82, 2.24) is 28.7 Å². The number of hydrogen-bond acceptors (Lipinski definition) is 33. The van der Waals surface area contributed by atoms with Crippen molar-refractivity contribution >= 4 is 47.3 Å². The summed E-state index contributed by atoms with van der Waals surface area (Å²) in [4.78, 5) is 103. The van der Waals surface area contributed by atoms with Gasteiger partial charge in [0.2, 0.25) is 0 Å². The zero-order valence-corrected chi connectivity index (χ0v) is 41.6. The Hall–Kier alpha value is -7.25. The second-order valence-corrected chi connectivity index (χ2v) is 17.0. The summed E-state index contributed by atoms with van der Waals surface area (Å²) in [5.74, 6) is -5.81. The lowest BCUT2D eigenvalue weighted by Gasteiger charge is -2.17. The topological polar surface area (TPSA) is 608 Å². The number of esters is 3. The van der Waals surface area contributed by atoms with Gasteiger partial charge >= 0.3 is 46.9 Å². The van der Waals surface area contributed by atoms with Crippen LogP contribution in [-0.2, 0) is 52.4 Å². The molecule has 6 rings (SSSR count). The number of carboxylic acids is 2. The van der Waals surface area contributed by atoms with Crippen molar-refractivity contribution in [2.45, 2.75) is 130 Å². The second kappa shape index (κ2) is 30.9. The molecule has 22 N–H and O–H groups in total. The number of aliphatic carboxylic acids is 2. The first-order valence-electron chi connectivity index (χ1n) is 25.0. The lowest BCUT2D eigenvalue weighted by molar-refractivity contribution is -0.154. The van der Waals surface area contributed by atoms with E-state index in [1.54, 1.807) is 16.4 Å². The number of unbranched alkanes of at least 4 members (excludes halogenated alkanes) is 1. The normalized spacial score (nSPS) is 29.3. The highest BCUT2D eigenvalue weighted by Crippen LogP contribution is 2.31. The van der Waals surface area contributed by atoms with Gasteiger partial charge in [0.1, 0.15) is 92.9 Å². The number of aromatic nitrogens is 6. The first-order chi connectivity index (χ1) is 38.9. The Morgan fingerprint density at radius 1 is 0.550 bits per heavy atom. The fraction of sp³-hybridized carbons (Fsp3) is 0.595. The number of anilines is 3. The molecule has 38 nitrogen and oxygen atoms in total. The minimum atomic E-state index is -2.49. The summed E-state index contributed by atoms with van der Waals surface area (Å²) < 4.78 is 56.8. The van der Waals surface area contributed by atoms with Gasteiger partial charge in [-0.2, -0.15) is 15.0 Å². The first kappa shape index (κ1) is 60.4. The largest absolute Gasteiger partial charge is 0.481 e. The maximum absolute atomic E-state index is 12.0. The number of hydrogen-bond donors (Lipinski definition) is 18. The maximum atomic E-state index is 12.0. The quantitative estimate of drug-likeness (QED) is 0.0171. The van der Waals surface area contributed by atoms with E-state index in [0.717, 1.165) is 36.8 Å². The molecule has 80 heavy (non-hydrogen) atoms. The molecule has 15 atom stereocenters. The molecule has 446 valence electrons. The van der Waals surface area contributed by atoms with E-state index in [9.17, 15) is 69.0 Å². The highest BCUT2D eigenvalue weighted by Gasteiger charge is 2.47. The van der Waals surface area contributed by atoms with E-state index < -0.39 is 165 Å². The molecule has 0 radical (unpaired) electrons. The zero-order chi connectivity index (χ0) is 62.3. The number of ether oxygens (including phenoxy) is 6. The van der Waals surface area contributed by atoms with Crippen molar-refractivity contribution in [1.29, 1.82) is 0 Å². The summed E-state index contributed by atoms with van der Waals surface area (Å²) in [5, 5.41) is 104. The molecule has 0 aromatic carbocycles. The van der Waals surface area contributed by atoms with Crippen LogP contribution in [0.25, 0.3) is 0 Å². The van der Waals surface area contributed by atoms with Crippen LogP contribution in [0.1, 0.15) is 61.2 Å². The molecule has 0 aliphatic carbocycles. The number of aliphatic hydroxyl groups excluding tert-OH is 6. The van der Waals surface area contributed by atoms with Gasteiger partial charge in [-0.15, -0.1) is 0 Å². The predicted octanol–water partition coefficient (Wildman–Crippen LogP) is -7.93. The van der Waals surface area contributed by atoms with Crippen LogP contribution in [0.3, 0.4) is 0 Å². The molecule has 3 aliphatic rings. The third-order valence-corrected chi connectivity index (χ3v) is 11.3. The smallest absolute Gasteiger partial charge is 0.351 e. The monoisotopic (exact) mass is 1150 g/mol. The number of rotatable bonds is 24. The lowest BCUT2D eigenvalue weighted by Crippen LogP contribution is -2.39. The molecular formula is C42H63N13O25. The number of carbonyl (C=O) groups excluding carboxylic acids is 3. The molecule has 3 aliphatic heterocycles. The molecular weight excluding hydrogens is 1090 g/mol. The Morgan fingerprint density at radius 3 is 1.16 bits per heavy atom. The van der Waals surface area contributed by atoms with Gasteiger partial charge in [-0.05, 0) is 44.0 Å². The van der Waals surface area contributed by atoms with Gasteiger partial charge in [-0.1, -0.05) is 6.42 Å². The van der Waals surface area contributed by atoms with Crippen molar-refractivity contribution in [2.75, 3.05) is 42.8 Å². The second-order valence-electron chi connectivity index (χ2n) is 17.0. The molecule has 0 unspecified atom stereocenters.